The largest absolute Gasteiger partial charge is 0.325 e. The molecule has 0 aliphatic carbocycles. The van der Waals surface area contributed by atoms with E-state index in [4.69, 9.17) is 11.6 Å². The molecule has 30 heavy (non-hydrogen) atoms. The van der Waals surface area contributed by atoms with Crippen LogP contribution in [0.25, 0.3) is 0 Å². The molecule has 0 aromatic heterocycles. The van der Waals surface area contributed by atoms with Crippen LogP contribution in [0.3, 0.4) is 0 Å². The number of nitrogens with zero attached hydrogens (tertiary/aromatic N) is 1. The van der Waals surface area contributed by atoms with Gasteiger partial charge >= 0.3 is 0 Å². The lowest BCUT2D eigenvalue weighted by Gasteiger charge is -2.25. The summed E-state index contributed by atoms with van der Waals surface area (Å²) in [7, 11) is -3.99. The van der Waals surface area contributed by atoms with E-state index in [1.165, 1.54) is 24.3 Å². The van der Waals surface area contributed by atoms with Crippen LogP contribution in [0.5, 0.6) is 0 Å². The minimum Gasteiger partial charge on any atom is -0.325 e. The number of hydrogen-bond acceptors (Lipinski definition) is 3. The molecule has 0 unspecified atom stereocenters. The van der Waals surface area contributed by atoms with Gasteiger partial charge in [-0.25, -0.2) is 8.42 Å². The van der Waals surface area contributed by atoms with E-state index >= 15 is 0 Å². The third-order valence-corrected chi connectivity index (χ3v) is 7.16. The fourth-order valence-electron chi connectivity index (χ4n) is 2.79. The van der Waals surface area contributed by atoms with E-state index in [1.807, 2.05) is 19.9 Å². The number of nitrogens with one attached hydrogen (secondary N) is 1. The van der Waals surface area contributed by atoms with Gasteiger partial charge in [0, 0.05) is 15.2 Å². The second kappa shape index (κ2) is 9.20. The van der Waals surface area contributed by atoms with Crippen molar-refractivity contribution in [1.82, 2.24) is 0 Å². The number of benzene rings is 3. The molecule has 3 aromatic carbocycles. The van der Waals surface area contributed by atoms with E-state index in [2.05, 4.69) is 21.2 Å². The van der Waals surface area contributed by atoms with Crippen LogP contribution in [0.2, 0.25) is 5.02 Å². The molecule has 156 valence electrons. The second-order valence-electron chi connectivity index (χ2n) is 6.79. The first-order valence-corrected chi connectivity index (χ1v) is 11.7. The summed E-state index contributed by atoms with van der Waals surface area (Å²) in [4.78, 5) is 12.8. The van der Waals surface area contributed by atoms with Crippen LogP contribution in [-0.2, 0) is 14.8 Å². The highest BCUT2D eigenvalue weighted by molar-refractivity contribution is 9.10. The van der Waals surface area contributed by atoms with Gasteiger partial charge in [-0.2, -0.15) is 0 Å². The summed E-state index contributed by atoms with van der Waals surface area (Å²) in [6.45, 7) is 3.47. The number of halogens is 2. The highest BCUT2D eigenvalue weighted by Crippen LogP contribution is 2.27. The normalized spacial score (nSPS) is 11.2. The van der Waals surface area contributed by atoms with Crippen molar-refractivity contribution >= 4 is 54.8 Å². The minimum absolute atomic E-state index is 0.0570. The Kier molecular flexibility index (Phi) is 6.85. The molecule has 0 aliphatic heterocycles. The molecule has 0 saturated heterocycles. The molecule has 0 heterocycles. The molecule has 5 nitrogen and oxygen atoms in total. The zero-order chi connectivity index (χ0) is 21.9. The predicted octanol–water partition coefficient (Wildman–Crippen LogP) is 5.55. The number of carbonyl (C=O) groups is 1. The molecular weight excluding hydrogens is 488 g/mol. The van der Waals surface area contributed by atoms with Gasteiger partial charge in [0.15, 0.2) is 0 Å². The second-order valence-corrected chi connectivity index (χ2v) is 10.0. The molecule has 0 fully saturated rings. The highest BCUT2D eigenvalue weighted by Gasteiger charge is 2.27. The molecule has 0 atom stereocenters. The Morgan fingerprint density at radius 3 is 2.20 bits per heavy atom. The summed E-state index contributed by atoms with van der Waals surface area (Å²) in [6, 6.07) is 18.2. The lowest BCUT2D eigenvalue weighted by Crippen LogP contribution is -2.38. The van der Waals surface area contributed by atoms with E-state index in [1.54, 1.807) is 36.4 Å². The lowest BCUT2D eigenvalue weighted by molar-refractivity contribution is -0.114. The summed E-state index contributed by atoms with van der Waals surface area (Å²) in [5, 5.41) is 3.17. The van der Waals surface area contributed by atoms with Crippen molar-refractivity contribution in [3.05, 3.63) is 87.4 Å². The molecule has 0 spiro atoms. The third-order valence-electron chi connectivity index (χ3n) is 4.60. The van der Waals surface area contributed by atoms with E-state index in [0.29, 0.717) is 16.4 Å². The van der Waals surface area contributed by atoms with Crippen molar-refractivity contribution in [3.63, 3.8) is 0 Å². The number of hydrogen-bond donors (Lipinski definition) is 1. The Balaban J connectivity index is 1.96. The quantitative estimate of drug-likeness (QED) is 0.475. The number of rotatable bonds is 6. The molecule has 0 aliphatic rings. The van der Waals surface area contributed by atoms with Gasteiger partial charge in [0.2, 0.25) is 5.91 Å². The maximum absolute atomic E-state index is 13.4. The van der Waals surface area contributed by atoms with E-state index in [-0.39, 0.29) is 11.4 Å². The van der Waals surface area contributed by atoms with E-state index in [9.17, 15) is 13.2 Å². The van der Waals surface area contributed by atoms with Gasteiger partial charge < -0.3 is 5.32 Å². The fourth-order valence-corrected chi connectivity index (χ4v) is 4.60. The molecule has 0 bridgehead atoms. The number of amides is 1. The van der Waals surface area contributed by atoms with Crippen molar-refractivity contribution in [2.45, 2.75) is 18.7 Å². The number of sulfonamides is 1. The minimum atomic E-state index is -3.99. The molecule has 1 amide bonds. The SMILES string of the molecule is Cc1ccc(N(CC(=O)Nc2ccc(Br)cc2)S(=O)(=O)c2ccc(Cl)cc2)cc1C. The summed E-state index contributed by atoms with van der Waals surface area (Å²) < 4.78 is 28.7. The van der Waals surface area contributed by atoms with Crippen LogP contribution in [0.4, 0.5) is 11.4 Å². The number of aryl methyl sites for hydroxylation is 2. The zero-order valence-corrected chi connectivity index (χ0v) is 19.6. The van der Waals surface area contributed by atoms with Gasteiger partial charge in [-0.3, -0.25) is 9.10 Å². The lowest BCUT2D eigenvalue weighted by atomic mass is 10.1. The average molecular weight is 508 g/mol. The van der Waals surface area contributed by atoms with Crippen molar-refractivity contribution in [2.24, 2.45) is 0 Å². The van der Waals surface area contributed by atoms with Crippen molar-refractivity contribution in [1.29, 1.82) is 0 Å². The van der Waals surface area contributed by atoms with Gasteiger partial charge in [-0.05, 0) is 85.6 Å². The van der Waals surface area contributed by atoms with Crippen LogP contribution in [0.1, 0.15) is 11.1 Å². The zero-order valence-electron chi connectivity index (χ0n) is 16.4. The maximum atomic E-state index is 13.4. The monoisotopic (exact) mass is 506 g/mol. The Morgan fingerprint density at radius 1 is 0.967 bits per heavy atom. The first-order chi connectivity index (χ1) is 14.2. The van der Waals surface area contributed by atoms with Crippen molar-refractivity contribution < 1.29 is 13.2 Å². The first kappa shape index (κ1) is 22.3. The third kappa shape index (κ3) is 5.22. The maximum Gasteiger partial charge on any atom is 0.264 e. The van der Waals surface area contributed by atoms with Gasteiger partial charge in [0.05, 0.1) is 10.6 Å². The molecular formula is C22H20BrClN2O3S. The summed E-state index contributed by atoms with van der Waals surface area (Å²) in [6.07, 6.45) is 0. The molecule has 3 aromatic rings. The van der Waals surface area contributed by atoms with E-state index in [0.717, 1.165) is 19.9 Å². The molecule has 0 saturated carbocycles. The standard InChI is InChI=1S/C22H20BrClN2O3S/c1-15-3-10-20(13-16(15)2)26(30(28,29)21-11-6-18(24)7-12-21)14-22(27)25-19-8-4-17(23)5-9-19/h3-13H,14H2,1-2H3,(H,25,27). The Bertz CT molecular complexity index is 1160. The van der Waals surface area contributed by atoms with Gasteiger partial charge in [0.25, 0.3) is 10.0 Å². The number of carbonyl (C=O) groups excluding carboxylic acids is 1. The smallest absolute Gasteiger partial charge is 0.264 e. The van der Waals surface area contributed by atoms with Crippen LogP contribution in [0, 0.1) is 13.8 Å². The fraction of sp³-hybridized carbons (Fsp3) is 0.136. The van der Waals surface area contributed by atoms with Gasteiger partial charge in [-0.1, -0.05) is 33.6 Å². The number of anilines is 2. The average Bonchev–Trinajstić information content (AvgIpc) is 2.70. The van der Waals surface area contributed by atoms with Crippen LogP contribution in [0.15, 0.2) is 76.1 Å². The van der Waals surface area contributed by atoms with Crippen molar-refractivity contribution in [3.8, 4) is 0 Å². The van der Waals surface area contributed by atoms with Crippen molar-refractivity contribution in [2.75, 3.05) is 16.2 Å². The van der Waals surface area contributed by atoms with E-state index < -0.39 is 15.9 Å². The first-order valence-electron chi connectivity index (χ1n) is 9.08. The molecule has 1 N–H and O–H groups in total. The Hall–Kier alpha value is -2.35. The summed E-state index contributed by atoms with van der Waals surface area (Å²) >= 11 is 9.25. The summed E-state index contributed by atoms with van der Waals surface area (Å²) in [5.41, 5.74) is 2.95. The molecule has 8 heteroatoms. The topological polar surface area (TPSA) is 66.5 Å². The Morgan fingerprint density at radius 2 is 1.60 bits per heavy atom. The van der Waals surface area contributed by atoms with Gasteiger partial charge in [-0.15, -0.1) is 0 Å². The molecule has 0 radical (unpaired) electrons. The summed E-state index contributed by atoms with van der Waals surface area (Å²) in [5.74, 6) is -0.451. The predicted molar refractivity (Wildman–Crippen MR) is 125 cm³/mol. The Labute approximate surface area is 189 Å². The van der Waals surface area contributed by atoms with Crippen LogP contribution < -0.4 is 9.62 Å². The highest BCUT2D eigenvalue weighted by atomic mass is 79.9. The van der Waals surface area contributed by atoms with Crippen LogP contribution >= 0.6 is 27.5 Å². The molecule has 3 rings (SSSR count). The van der Waals surface area contributed by atoms with Crippen LogP contribution in [-0.4, -0.2) is 20.9 Å². The van der Waals surface area contributed by atoms with Gasteiger partial charge in [0.1, 0.15) is 6.54 Å².